The quantitative estimate of drug-likeness (QED) is 0.437. The number of aryl methyl sites for hydroxylation is 1. The molecule has 194 valence electrons. The van der Waals surface area contributed by atoms with E-state index in [1.807, 2.05) is 4.90 Å². The fraction of sp³-hybridized carbons (Fsp3) is 0.304. The van der Waals surface area contributed by atoms with Crippen LogP contribution in [0.25, 0.3) is 11.3 Å². The van der Waals surface area contributed by atoms with Crippen molar-refractivity contribution in [3.63, 3.8) is 0 Å². The number of hydrogen-bond acceptors (Lipinski definition) is 7. The van der Waals surface area contributed by atoms with E-state index in [4.69, 9.17) is 0 Å². The third-order valence-electron chi connectivity index (χ3n) is 5.62. The van der Waals surface area contributed by atoms with Crippen molar-refractivity contribution < 1.29 is 26.7 Å². The summed E-state index contributed by atoms with van der Waals surface area (Å²) in [6.45, 7) is 3.19. The summed E-state index contributed by atoms with van der Waals surface area (Å²) < 4.78 is 69.3. The van der Waals surface area contributed by atoms with E-state index < -0.39 is 21.8 Å². The maximum absolute atomic E-state index is 13.7. The van der Waals surface area contributed by atoms with E-state index in [1.165, 1.54) is 18.2 Å². The molecule has 1 aliphatic rings. The maximum Gasteiger partial charge on any atom is 0.418 e. The highest BCUT2D eigenvalue weighted by Crippen LogP contribution is 2.38. The molecule has 0 radical (unpaired) electrons. The van der Waals surface area contributed by atoms with Crippen molar-refractivity contribution in [2.45, 2.75) is 24.2 Å². The molecule has 2 aromatic heterocycles. The number of nitrogens with zero attached hydrogens (tertiary/aromatic N) is 3. The van der Waals surface area contributed by atoms with Crippen molar-refractivity contribution in [3.8, 4) is 11.3 Å². The number of aliphatic hydroxyl groups excluding tert-OH is 1. The van der Waals surface area contributed by atoms with Gasteiger partial charge in [-0.25, -0.2) is 9.97 Å². The third-order valence-corrected chi connectivity index (χ3v) is 6.88. The second kappa shape index (κ2) is 11.0. The van der Waals surface area contributed by atoms with Crippen molar-refractivity contribution in [2.75, 3.05) is 35.9 Å². The lowest BCUT2D eigenvalue weighted by Gasteiger charge is -2.33. The number of pyridine rings is 2. The Hall–Kier alpha value is -2.93. The van der Waals surface area contributed by atoms with Gasteiger partial charge in [0.15, 0.2) is 5.03 Å². The molecule has 3 aromatic rings. The van der Waals surface area contributed by atoms with Gasteiger partial charge < -0.3 is 15.3 Å². The van der Waals surface area contributed by atoms with Gasteiger partial charge in [0.05, 0.1) is 17.9 Å². The van der Waals surface area contributed by atoms with E-state index in [0.29, 0.717) is 31.0 Å². The standard InChI is InChI=1S/C23H24F3N5O3S.ClH/c1-15-5-2-3-6-17(15)22-18(23(24,25)26)9-10-19(28-22)30-35(33,34)21-8-4-7-20(29-21)31-12-11-27-16(13-31)14-32;/h2-10,16,27,32H,11-14H2,1H3,(H,28,30);1H/t16-;/m1./s1. The number of hydrogen-bond donors (Lipinski definition) is 3. The second-order valence-electron chi connectivity index (χ2n) is 8.12. The highest BCUT2D eigenvalue weighted by Gasteiger charge is 2.35. The van der Waals surface area contributed by atoms with Crippen LogP contribution >= 0.6 is 12.4 Å². The van der Waals surface area contributed by atoms with Crippen LogP contribution in [0.5, 0.6) is 0 Å². The second-order valence-corrected chi connectivity index (χ2v) is 9.75. The normalized spacial score (nSPS) is 16.4. The Labute approximate surface area is 213 Å². The Bertz CT molecular complexity index is 1320. The maximum atomic E-state index is 13.7. The summed E-state index contributed by atoms with van der Waals surface area (Å²) in [6.07, 6.45) is -4.67. The molecule has 1 atom stereocenters. The molecule has 1 saturated heterocycles. The largest absolute Gasteiger partial charge is 0.418 e. The van der Waals surface area contributed by atoms with Gasteiger partial charge in [0.1, 0.15) is 11.6 Å². The lowest BCUT2D eigenvalue weighted by atomic mass is 10.0. The van der Waals surface area contributed by atoms with Gasteiger partial charge in [-0.3, -0.25) is 4.72 Å². The number of nitrogens with one attached hydrogen (secondary N) is 2. The van der Waals surface area contributed by atoms with E-state index in [2.05, 4.69) is 20.0 Å². The predicted molar refractivity (Wildman–Crippen MR) is 133 cm³/mol. The topological polar surface area (TPSA) is 107 Å². The molecule has 36 heavy (non-hydrogen) atoms. The number of alkyl halides is 3. The lowest BCUT2D eigenvalue weighted by Crippen LogP contribution is -2.52. The smallest absolute Gasteiger partial charge is 0.395 e. The van der Waals surface area contributed by atoms with Gasteiger partial charge in [-0.15, -0.1) is 12.4 Å². The molecule has 0 saturated carbocycles. The molecule has 0 bridgehead atoms. The Morgan fingerprint density at radius 3 is 2.56 bits per heavy atom. The van der Waals surface area contributed by atoms with Gasteiger partial charge in [0, 0.05) is 31.2 Å². The van der Waals surface area contributed by atoms with Gasteiger partial charge in [-0.1, -0.05) is 30.3 Å². The summed E-state index contributed by atoms with van der Waals surface area (Å²) in [6, 6.07) is 12.6. The van der Waals surface area contributed by atoms with Crippen molar-refractivity contribution >= 4 is 34.1 Å². The molecule has 0 aliphatic carbocycles. The van der Waals surface area contributed by atoms with Gasteiger partial charge in [-0.2, -0.15) is 21.6 Å². The van der Waals surface area contributed by atoms with Crippen molar-refractivity contribution in [2.24, 2.45) is 0 Å². The molecule has 0 spiro atoms. The van der Waals surface area contributed by atoms with Gasteiger partial charge in [0.25, 0.3) is 10.0 Å². The molecule has 13 heteroatoms. The summed E-state index contributed by atoms with van der Waals surface area (Å²) in [7, 11) is -4.25. The summed E-state index contributed by atoms with van der Waals surface area (Å²) in [4.78, 5) is 10.1. The molecule has 8 nitrogen and oxygen atoms in total. The molecular formula is C23H25ClF3N5O3S. The molecule has 3 heterocycles. The minimum absolute atomic E-state index is 0. The highest BCUT2D eigenvalue weighted by molar-refractivity contribution is 7.92. The molecular weight excluding hydrogens is 519 g/mol. The predicted octanol–water partition coefficient (Wildman–Crippen LogP) is 3.46. The van der Waals surface area contributed by atoms with Crippen LogP contribution in [0.3, 0.4) is 0 Å². The van der Waals surface area contributed by atoms with Crippen LogP contribution in [0, 0.1) is 6.92 Å². The first-order chi connectivity index (χ1) is 16.6. The number of halogens is 4. The molecule has 0 amide bonds. The van der Waals surface area contributed by atoms with Crippen molar-refractivity contribution in [1.82, 2.24) is 15.3 Å². The van der Waals surface area contributed by atoms with E-state index in [1.54, 1.807) is 31.2 Å². The first-order valence-corrected chi connectivity index (χ1v) is 12.3. The van der Waals surface area contributed by atoms with Crippen molar-refractivity contribution in [3.05, 3.63) is 65.7 Å². The van der Waals surface area contributed by atoms with Crippen molar-refractivity contribution in [1.29, 1.82) is 0 Å². The highest BCUT2D eigenvalue weighted by atomic mass is 35.5. The van der Waals surface area contributed by atoms with Crippen LogP contribution in [0.2, 0.25) is 0 Å². The van der Waals surface area contributed by atoms with Crippen LogP contribution in [-0.4, -0.2) is 55.8 Å². The van der Waals surface area contributed by atoms with Crippen LogP contribution in [0.1, 0.15) is 11.1 Å². The van der Waals surface area contributed by atoms with Crippen LogP contribution in [0.4, 0.5) is 24.8 Å². The number of rotatable bonds is 6. The summed E-state index contributed by atoms with van der Waals surface area (Å²) >= 11 is 0. The molecule has 1 aliphatic heterocycles. The average molecular weight is 544 g/mol. The zero-order chi connectivity index (χ0) is 25.2. The lowest BCUT2D eigenvalue weighted by molar-refractivity contribution is -0.137. The van der Waals surface area contributed by atoms with E-state index in [-0.39, 0.29) is 47.2 Å². The van der Waals surface area contributed by atoms with Gasteiger partial charge in [-0.05, 0) is 36.8 Å². The Kier molecular flexibility index (Phi) is 8.44. The average Bonchev–Trinajstić information content (AvgIpc) is 2.83. The van der Waals surface area contributed by atoms with Gasteiger partial charge >= 0.3 is 6.18 Å². The van der Waals surface area contributed by atoms with Gasteiger partial charge in [0.2, 0.25) is 0 Å². The minimum atomic E-state index is -4.67. The fourth-order valence-electron chi connectivity index (χ4n) is 3.86. The Morgan fingerprint density at radius 2 is 1.86 bits per heavy atom. The van der Waals surface area contributed by atoms with Crippen LogP contribution < -0.4 is 14.9 Å². The van der Waals surface area contributed by atoms with E-state index in [0.717, 1.165) is 12.1 Å². The molecule has 4 rings (SSSR count). The van der Waals surface area contributed by atoms with E-state index >= 15 is 0 Å². The number of piperazine rings is 1. The minimum Gasteiger partial charge on any atom is -0.395 e. The summed E-state index contributed by atoms with van der Waals surface area (Å²) in [5.41, 5.74) is -0.518. The number of anilines is 2. The fourth-order valence-corrected chi connectivity index (χ4v) is 4.83. The molecule has 3 N–H and O–H groups in total. The Balaban J connectivity index is 0.00000361. The third kappa shape index (κ3) is 6.06. The molecule has 0 unspecified atom stereocenters. The zero-order valence-corrected chi connectivity index (χ0v) is 20.8. The number of benzene rings is 1. The monoisotopic (exact) mass is 543 g/mol. The Morgan fingerprint density at radius 1 is 1.11 bits per heavy atom. The van der Waals surface area contributed by atoms with Crippen LogP contribution in [0.15, 0.2) is 59.6 Å². The first kappa shape index (κ1) is 27.7. The number of aliphatic hydroxyl groups is 1. The summed E-state index contributed by atoms with van der Waals surface area (Å²) in [5.74, 6) is 0.153. The number of aromatic nitrogens is 2. The SMILES string of the molecule is Cc1ccccc1-c1nc(NS(=O)(=O)c2cccc(N3CCN[C@@H](CO)C3)n2)ccc1C(F)(F)F.Cl. The van der Waals surface area contributed by atoms with Crippen LogP contribution in [-0.2, 0) is 16.2 Å². The molecule has 1 aromatic carbocycles. The zero-order valence-electron chi connectivity index (χ0n) is 19.2. The van der Waals surface area contributed by atoms with E-state index in [9.17, 15) is 26.7 Å². The first-order valence-electron chi connectivity index (χ1n) is 10.8. The summed E-state index contributed by atoms with van der Waals surface area (Å²) in [5, 5.41) is 12.2. The number of sulfonamides is 1. The molecule has 1 fully saturated rings.